The average molecular weight is 228 g/mol. The minimum Gasteiger partial charge on any atom is -0.372 e. The van der Waals surface area contributed by atoms with Crippen molar-refractivity contribution in [2.75, 3.05) is 32.8 Å². The van der Waals surface area contributed by atoms with Gasteiger partial charge in [-0.1, -0.05) is 13.3 Å². The molecular weight excluding hydrogens is 204 g/mol. The Balaban J connectivity index is 1.87. The lowest BCUT2D eigenvalue weighted by molar-refractivity contribution is -0.125. The van der Waals surface area contributed by atoms with Crippen LogP contribution in [0.3, 0.4) is 0 Å². The highest BCUT2D eigenvalue weighted by Crippen LogP contribution is 2.11. The zero-order valence-corrected chi connectivity index (χ0v) is 10.3. The Morgan fingerprint density at radius 3 is 3.12 bits per heavy atom. The minimum atomic E-state index is 0.0120. The van der Waals surface area contributed by atoms with Gasteiger partial charge in [0.25, 0.3) is 0 Å². The van der Waals surface area contributed by atoms with Crippen LogP contribution < -0.4 is 10.6 Å². The van der Waals surface area contributed by atoms with Gasteiger partial charge < -0.3 is 15.4 Å². The predicted molar refractivity (Wildman–Crippen MR) is 64.3 cm³/mol. The van der Waals surface area contributed by atoms with E-state index in [2.05, 4.69) is 17.6 Å². The summed E-state index contributed by atoms with van der Waals surface area (Å²) in [5.74, 6) is 0.751. The van der Waals surface area contributed by atoms with Crippen LogP contribution in [0.5, 0.6) is 0 Å². The Morgan fingerprint density at radius 2 is 2.44 bits per heavy atom. The first-order chi connectivity index (χ1) is 7.83. The normalized spacial score (nSPS) is 19.9. The molecule has 1 atom stereocenters. The molecular formula is C12H24N2O2. The zero-order valence-electron chi connectivity index (χ0n) is 10.3. The van der Waals surface area contributed by atoms with Crippen molar-refractivity contribution < 1.29 is 9.53 Å². The summed E-state index contributed by atoms with van der Waals surface area (Å²) in [4.78, 5) is 11.3. The predicted octanol–water partition coefficient (Wildman–Crippen LogP) is 0.919. The van der Waals surface area contributed by atoms with E-state index < -0.39 is 0 Å². The first kappa shape index (κ1) is 13.5. The molecule has 0 aliphatic carbocycles. The summed E-state index contributed by atoms with van der Waals surface area (Å²) < 4.78 is 5.35. The molecule has 0 radical (unpaired) electrons. The van der Waals surface area contributed by atoms with Crippen molar-refractivity contribution in [1.82, 2.24) is 10.6 Å². The number of carbonyl (C=O) groups is 1. The SMILES string of the molecule is CCCCNC(=O)COCCC1CCNC1. The minimum absolute atomic E-state index is 0.0120. The maximum atomic E-state index is 11.3. The molecule has 0 bridgehead atoms. The van der Waals surface area contributed by atoms with Gasteiger partial charge in [-0.3, -0.25) is 4.79 Å². The van der Waals surface area contributed by atoms with E-state index in [1.807, 2.05) is 0 Å². The molecule has 1 aliphatic rings. The van der Waals surface area contributed by atoms with Gasteiger partial charge in [0.2, 0.25) is 5.91 Å². The van der Waals surface area contributed by atoms with Crippen molar-refractivity contribution in [3.05, 3.63) is 0 Å². The molecule has 0 aromatic heterocycles. The number of unbranched alkanes of at least 4 members (excludes halogenated alkanes) is 1. The molecule has 0 spiro atoms. The summed E-state index contributed by atoms with van der Waals surface area (Å²) in [6.07, 6.45) is 4.45. The van der Waals surface area contributed by atoms with Gasteiger partial charge in [0.15, 0.2) is 0 Å². The van der Waals surface area contributed by atoms with Crippen LogP contribution in [0.15, 0.2) is 0 Å². The molecule has 0 aromatic rings. The van der Waals surface area contributed by atoms with Crippen LogP contribution in [-0.4, -0.2) is 38.8 Å². The molecule has 1 aliphatic heterocycles. The van der Waals surface area contributed by atoms with Gasteiger partial charge >= 0.3 is 0 Å². The van der Waals surface area contributed by atoms with Gasteiger partial charge in [0.1, 0.15) is 6.61 Å². The molecule has 1 fully saturated rings. The second-order valence-electron chi connectivity index (χ2n) is 4.40. The third-order valence-corrected chi connectivity index (χ3v) is 2.92. The van der Waals surface area contributed by atoms with E-state index in [4.69, 9.17) is 4.74 Å². The van der Waals surface area contributed by atoms with Crippen LogP contribution in [-0.2, 0) is 9.53 Å². The molecule has 1 saturated heterocycles. The molecule has 1 amide bonds. The lowest BCUT2D eigenvalue weighted by Gasteiger charge is -2.08. The quantitative estimate of drug-likeness (QED) is 0.607. The van der Waals surface area contributed by atoms with Crippen LogP contribution in [0.1, 0.15) is 32.6 Å². The van der Waals surface area contributed by atoms with E-state index in [0.29, 0.717) is 6.61 Å². The fraction of sp³-hybridized carbons (Fsp3) is 0.917. The molecule has 94 valence electrons. The number of ether oxygens (including phenoxy) is 1. The summed E-state index contributed by atoms with van der Waals surface area (Å²) in [6.45, 7) is 6.02. The van der Waals surface area contributed by atoms with Gasteiger partial charge in [-0.15, -0.1) is 0 Å². The lowest BCUT2D eigenvalue weighted by Crippen LogP contribution is -2.28. The van der Waals surface area contributed by atoms with E-state index in [-0.39, 0.29) is 12.5 Å². The van der Waals surface area contributed by atoms with E-state index in [1.165, 1.54) is 6.42 Å². The Labute approximate surface area is 98.1 Å². The Kier molecular flexibility index (Phi) is 7.17. The number of hydrogen-bond donors (Lipinski definition) is 2. The lowest BCUT2D eigenvalue weighted by atomic mass is 10.1. The second kappa shape index (κ2) is 8.53. The van der Waals surface area contributed by atoms with Crippen LogP contribution in [0.4, 0.5) is 0 Å². The van der Waals surface area contributed by atoms with Gasteiger partial charge in [-0.05, 0) is 38.3 Å². The first-order valence-electron chi connectivity index (χ1n) is 6.38. The topological polar surface area (TPSA) is 50.4 Å². The molecule has 4 heteroatoms. The van der Waals surface area contributed by atoms with E-state index >= 15 is 0 Å². The summed E-state index contributed by atoms with van der Waals surface area (Å²) in [5.41, 5.74) is 0. The molecule has 1 rings (SSSR count). The highest BCUT2D eigenvalue weighted by molar-refractivity contribution is 5.77. The standard InChI is InChI=1S/C12H24N2O2/c1-2-3-6-14-12(15)10-16-8-5-11-4-7-13-9-11/h11,13H,2-10H2,1H3,(H,14,15). The third-order valence-electron chi connectivity index (χ3n) is 2.92. The maximum absolute atomic E-state index is 11.3. The molecule has 1 unspecified atom stereocenters. The molecule has 16 heavy (non-hydrogen) atoms. The largest absolute Gasteiger partial charge is 0.372 e. The van der Waals surface area contributed by atoms with Crippen LogP contribution in [0.25, 0.3) is 0 Å². The van der Waals surface area contributed by atoms with Gasteiger partial charge in [-0.25, -0.2) is 0 Å². The van der Waals surface area contributed by atoms with Crippen molar-refractivity contribution in [2.45, 2.75) is 32.6 Å². The molecule has 4 nitrogen and oxygen atoms in total. The van der Waals surface area contributed by atoms with Crippen LogP contribution in [0, 0.1) is 5.92 Å². The number of carbonyl (C=O) groups excluding carboxylic acids is 1. The van der Waals surface area contributed by atoms with Crippen molar-refractivity contribution in [1.29, 1.82) is 0 Å². The fourth-order valence-corrected chi connectivity index (χ4v) is 1.83. The smallest absolute Gasteiger partial charge is 0.245 e. The number of rotatable bonds is 8. The Morgan fingerprint density at radius 1 is 1.56 bits per heavy atom. The Bertz CT molecular complexity index is 191. The maximum Gasteiger partial charge on any atom is 0.245 e. The molecule has 0 saturated carbocycles. The Hall–Kier alpha value is -0.610. The van der Waals surface area contributed by atoms with E-state index in [9.17, 15) is 4.79 Å². The van der Waals surface area contributed by atoms with E-state index in [0.717, 1.165) is 44.8 Å². The van der Waals surface area contributed by atoms with Gasteiger partial charge in [0.05, 0.1) is 0 Å². The van der Waals surface area contributed by atoms with E-state index in [1.54, 1.807) is 0 Å². The molecule has 0 aromatic carbocycles. The number of nitrogens with one attached hydrogen (secondary N) is 2. The number of amides is 1. The average Bonchev–Trinajstić information content (AvgIpc) is 2.78. The first-order valence-corrected chi connectivity index (χ1v) is 6.38. The summed E-state index contributed by atoms with van der Waals surface area (Å²) in [6, 6.07) is 0. The van der Waals surface area contributed by atoms with Crippen LogP contribution >= 0.6 is 0 Å². The van der Waals surface area contributed by atoms with Crippen LogP contribution in [0.2, 0.25) is 0 Å². The summed E-state index contributed by atoms with van der Waals surface area (Å²) in [5, 5.41) is 6.16. The highest BCUT2D eigenvalue weighted by atomic mass is 16.5. The number of hydrogen-bond acceptors (Lipinski definition) is 3. The monoisotopic (exact) mass is 228 g/mol. The summed E-state index contributed by atoms with van der Waals surface area (Å²) in [7, 11) is 0. The highest BCUT2D eigenvalue weighted by Gasteiger charge is 2.13. The van der Waals surface area contributed by atoms with Gasteiger partial charge in [-0.2, -0.15) is 0 Å². The zero-order chi connectivity index (χ0) is 11.6. The third kappa shape index (κ3) is 6.08. The van der Waals surface area contributed by atoms with Gasteiger partial charge in [0, 0.05) is 13.2 Å². The van der Waals surface area contributed by atoms with Crippen molar-refractivity contribution >= 4 is 5.91 Å². The summed E-state index contributed by atoms with van der Waals surface area (Å²) >= 11 is 0. The van der Waals surface area contributed by atoms with Crippen molar-refractivity contribution in [3.8, 4) is 0 Å². The second-order valence-corrected chi connectivity index (χ2v) is 4.40. The molecule has 2 N–H and O–H groups in total. The molecule has 1 heterocycles. The van der Waals surface area contributed by atoms with Crippen molar-refractivity contribution in [3.63, 3.8) is 0 Å². The fourth-order valence-electron chi connectivity index (χ4n) is 1.83. The van der Waals surface area contributed by atoms with Crippen molar-refractivity contribution in [2.24, 2.45) is 5.92 Å².